The summed E-state index contributed by atoms with van der Waals surface area (Å²) < 4.78 is 5.39. The highest BCUT2D eigenvalue weighted by molar-refractivity contribution is 5.84. The fraction of sp³-hybridized carbons (Fsp3) is 0.0870. The van der Waals surface area contributed by atoms with Crippen LogP contribution in [0.3, 0.4) is 0 Å². The molecule has 1 heterocycles. The quantitative estimate of drug-likeness (QED) is 0.513. The summed E-state index contributed by atoms with van der Waals surface area (Å²) in [4.78, 5) is 12.4. The first kappa shape index (κ1) is 16.2. The molecule has 0 spiro atoms. The van der Waals surface area contributed by atoms with Crippen LogP contribution in [0.2, 0.25) is 0 Å². The van der Waals surface area contributed by atoms with Gasteiger partial charge in [0.15, 0.2) is 0 Å². The van der Waals surface area contributed by atoms with E-state index in [0.717, 1.165) is 16.7 Å². The molecule has 0 aliphatic heterocycles. The maximum Gasteiger partial charge on any atom is 0.343 e. The predicted molar refractivity (Wildman–Crippen MR) is 104 cm³/mol. The molecule has 1 unspecified atom stereocenters. The molecule has 0 saturated carbocycles. The van der Waals surface area contributed by atoms with Crippen molar-refractivity contribution < 1.29 is 9.52 Å². The van der Waals surface area contributed by atoms with E-state index in [1.165, 1.54) is 0 Å². The lowest BCUT2D eigenvalue weighted by Crippen LogP contribution is -2.12. The Labute approximate surface area is 151 Å². The molecular weight excluding hydrogens is 324 g/mol. The van der Waals surface area contributed by atoms with Crippen LogP contribution in [0.15, 0.2) is 88.1 Å². The van der Waals surface area contributed by atoms with E-state index in [9.17, 15) is 9.90 Å². The van der Waals surface area contributed by atoms with Gasteiger partial charge in [0, 0.05) is 5.92 Å². The van der Waals surface area contributed by atoms with Crippen LogP contribution in [0.1, 0.15) is 24.0 Å². The zero-order valence-corrected chi connectivity index (χ0v) is 14.3. The Bertz CT molecular complexity index is 1110. The molecular formula is C23H18O3. The molecule has 4 rings (SSSR count). The molecule has 26 heavy (non-hydrogen) atoms. The molecule has 3 aromatic carbocycles. The first-order chi connectivity index (χ1) is 12.6. The van der Waals surface area contributed by atoms with E-state index in [1.807, 2.05) is 55.5 Å². The Morgan fingerprint density at radius 3 is 2.15 bits per heavy atom. The van der Waals surface area contributed by atoms with Gasteiger partial charge in [0.25, 0.3) is 0 Å². The van der Waals surface area contributed by atoms with Gasteiger partial charge in [-0.25, -0.2) is 4.79 Å². The lowest BCUT2D eigenvalue weighted by molar-refractivity contribution is 0.453. The predicted octanol–water partition coefficient (Wildman–Crippen LogP) is 5.32. The topological polar surface area (TPSA) is 50.4 Å². The second-order valence-electron chi connectivity index (χ2n) is 6.36. The fourth-order valence-electron chi connectivity index (χ4n) is 3.29. The van der Waals surface area contributed by atoms with Gasteiger partial charge in [0.1, 0.15) is 11.3 Å². The Morgan fingerprint density at radius 1 is 0.808 bits per heavy atom. The minimum Gasteiger partial charge on any atom is -0.507 e. The van der Waals surface area contributed by atoms with Crippen LogP contribution in [0, 0.1) is 0 Å². The van der Waals surface area contributed by atoms with Crippen molar-refractivity contribution in [2.45, 2.75) is 12.8 Å². The minimum atomic E-state index is -0.499. The second-order valence-corrected chi connectivity index (χ2v) is 6.36. The van der Waals surface area contributed by atoms with Crippen LogP contribution in [0.25, 0.3) is 22.1 Å². The molecule has 0 aliphatic carbocycles. The van der Waals surface area contributed by atoms with Crippen molar-refractivity contribution in [1.82, 2.24) is 0 Å². The summed E-state index contributed by atoms with van der Waals surface area (Å²) in [5, 5.41) is 11.2. The van der Waals surface area contributed by atoms with Gasteiger partial charge < -0.3 is 9.52 Å². The molecule has 0 aliphatic rings. The SMILES string of the molecule is CC(c1ccc(-c2ccccc2)cc1)c1c(O)c2ccccc2oc1=O. The Hall–Kier alpha value is -3.33. The molecule has 0 amide bonds. The number of rotatable bonds is 3. The van der Waals surface area contributed by atoms with E-state index >= 15 is 0 Å². The summed E-state index contributed by atoms with van der Waals surface area (Å²) in [7, 11) is 0. The van der Waals surface area contributed by atoms with E-state index in [2.05, 4.69) is 12.1 Å². The summed E-state index contributed by atoms with van der Waals surface area (Å²) in [5.41, 5.74) is 3.38. The normalized spacial score (nSPS) is 12.2. The van der Waals surface area contributed by atoms with Gasteiger partial charge >= 0.3 is 5.63 Å². The van der Waals surface area contributed by atoms with Crippen molar-refractivity contribution in [3.63, 3.8) is 0 Å². The van der Waals surface area contributed by atoms with Gasteiger partial charge in [-0.05, 0) is 28.8 Å². The van der Waals surface area contributed by atoms with Crippen LogP contribution in [-0.4, -0.2) is 5.11 Å². The Balaban J connectivity index is 1.75. The first-order valence-corrected chi connectivity index (χ1v) is 8.55. The minimum absolute atomic E-state index is 0.00325. The molecule has 3 nitrogen and oxygen atoms in total. The molecule has 1 N–H and O–H groups in total. The van der Waals surface area contributed by atoms with Crippen LogP contribution < -0.4 is 5.63 Å². The van der Waals surface area contributed by atoms with Crippen LogP contribution >= 0.6 is 0 Å². The molecule has 0 bridgehead atoms. The van der Waals surface area contributed by atoms with Gasteiger partial charge in [-0.3, -0.25) is 0 Å². The maximum atomic E-state index is 12.4. The van der Waals surface area contributed by atoms with Crippen molar-refractivity contribution in [3.05, 3.63) is 100 Å². The summed E-state index contributed by atoms with van der Waals surface area (Å²) in [6, 6.07) is 25.2. The number of para-hydroxylation sites is 1. The number of aromatic hydroxyl groups is 1. The van der Waals surface area contributed by atoms with Crippen molar-refractivity contribution in [2.24, 2.45) is 0 Å². The Kier molecular flexibility index (Phi) is 4.05. The summed E-state index contributed by atoms with van der Waals surface area (Å²) in [5.74, 6) is -0.280. The molecule has 1 aromatic heterocycles. The molecule has 1 atom stereocenters. The third kappa shape index (κ3) is 2.78. The number of benzene rings is 3. The van der Waals surface area contributed by atoms with E-state index in [-0.39, 0.29) is 17.2 Å². The maximum absolute atomic E-state index is 12.4. The monoisotopic (exact) mass is 342 g/mol. The van der Waals surface area contributed by atoms with E-state index in [0.29, 0.717) is 11.0 Å². The second kappa shape index (κ2) is 6.52. The zero-order valence-electron chi connectivity index (χ0n) is 14.3. The van der Waals surface area contributed by atoms with Crippen LogP contribution in [0.5, 0.6) is 5.75 Å². The lowest BCUT2D eigenvalue weighted by Gasteiger charge is -2.14. The summed E-state index contributed by atoms with van der Waals surface area (Å²) in [6.07, 6.45) is 0. The molecule has 0 radical (unpaired) electrons. The highest BCUT2D eigenvalue weighted by Gasteiger charge is 2.21. The standard InChI is InChI=1S/C23H18O3/c1-15(16-11-13-18(14-12-16)17-7-3-2-4-8-17)21-22(24)19-9-5-6-10-20(19)26-23(21)25/h2-15,24H,1H3. The van der Waals surface area contributed by atoms with Crippen LogP contribution in [0.4, 0.5) is 0 Å². The Morgan fingerprint density at radius 2 is 1.42 bits per heavy atom. The largest absolute Gasteiger partial charge is 0.507 e. The van der Waals surface area contributed by atoms with Gasteiger partial charge in [0.05, 0.1) is 10.9 Å². The highest BCUT2D eigenvalue weighted by atomic mass is 16.4. The van der Waals surface area contributed by atoms with Crippen LogP contribution in [-0.2, 0) is 0 Å². The third-order valence-electron chi connectivity index (χ3n) is 4.77. The highest BCUT2D eigenvalue weighted by Crippen LogP contribution is 2.34. The van der Waals surface area contributed by atoms with Crippen molar-refractivity contribution in [3.8, 4) is 16.9 Å². The lowest BCUT2D eigenvalue weighted by atomic mass is 9.91. The fourth-order valence-corrected chi connectivity index (χ4v) is 3.29. The zero-order chi connectivity index (χ0) is 18.1. The molecule has 3 heteroatoms. The number of hydrogen-bond acceptors (Lipinski definition) is 3. The average Bonchev–Trinajstić information content (AvgIpc) is 2.69. The summed E-state index contributed by atoms with van der Waals surface area (Å²) >= 11 is 0. The average molecular weight is 342 g/mol. The smallest absolute Gasteiger partial charge is 0.343 e. The van der Waals surface area contributed by atoms with Gasteiger partial charge in [-0.15, -0.1) is 0 Å². The van der Waals surface area contributed by atoms with E-state index in [4.69, 9.17) is 4.42 Å². The number of fused-ring (bicyclic) bond motifs is 1. The first-order valence-electron chi connectivity index (χ1n) is 8.55. The van der Waals surface area contributed by atoms with Crippen molar-refractivity contribution >= 4 is 11.0 Å². The molecule has 128 valence electrons. The van der Waals surface area contributed by atoms with Gasteiger partial charge in [0.2, 0.25) is 0 Å². The third-order valence-corrected chi connectivity index (χ3v) is 4.77. The molecule has 0 fully saturated rings. The van der Waals surface area contributed by atoms with E-state index in [1.54, 1.807) is 18.2 Å². The van der Waals surface area contributed by atoms with Crippen molar-refractivity contribution in [1.29, 1.82) is 0 Å². The summed E-state index contributed by atoms with van der Waals surface area (Å²) in [6.45, 7) is 1.90. The molecule has 0 saturated heterocycles. The molecule has 4 aromatic rings. The van der Waals surface area contributed by atoms with Gasteiger partial charge in [-0.2, -0.15) is 0 Å². The van der Waals surface area contributed by atoms with Crippen molar-refractivity contribution in [2.75, 3.05) is 0 Å². The van der Waals surface area contributed by atoms with E-state index < -0.39 is 5.63 Å². The number of hydrogen-bond donors (Lipinski definition) is 1. The van der Waals surface area contributed by atoms with Gasteiger partial charge in [-0.1, -0.05) is 73.7 Å².